The smallest absolute Gasteiger partial charge is 0.352 e. The highest BCUT2D eigenvalue weighted by atomic mass is 35.5. The van der Waals surface area contributed by atoms with Gasteiger partial charge in [0.05, 0.1) is 21.2 Å². The Kier molecular flexibility index (Phi) is 11.4. The fourth-order valence-corrected chi connectivity index (χ4v) is 6.73. The van der Waals surface area contributed by atoms with E-state index in [0.717, 1.165) is 23.3 Å². The van der Waals surface area contributed by atoms with Crippen LogP contribution in [0.25, 0.3) is 0 Å². The number of benzene rings is 4. The summed E-state index contributed by atoms with van der Waals surface area (Å²) in [6.07, 6.45) is -4.73. The first-order chi connectivity index (χ1) is 22.2. The van der Waals surface area contributed by atoms with Gasteiger partial charge in [0, 0.05) is 19.0 Å². The van der Waals surface area contributed by atoms with E-state index in [2.05, 4.69) is 5.32 Å². The first-order valence-corrected chi connectivity index (χ1v) is 16.6. The van der Waals surface area contributed by atoms with Crippen molar-refractivity contribution in [1.29, 1.82) is 0 Å². The van der Waals surface area contributed by atoms with Crippen LogP contribution in [0.15, 0.2) is 108 Å². The molecular weight excluding hydrogens is 651 g/mol. The number of carbonyl (C=O) groups excluding carboxylic acids is 2. The van der Waals surface area contributed by atoms with Crippen LogP contribution in [0.5, 0.6) is 0 Å². The third-order valence-corrected chi connectivity index (χ3v) is 9.55. The number of anilines is 1. The molecule has 4 aromatic rings. The summed E-state index contributed by atoms with van der Waals surface area (Å²) in [6, 6.07) is 24.2. The molecule has 0 bridgehead atoms. The molecule has 4 aromatic carbocycles. The van der Waals surface area contributed by atoms with Gasteiger partial charge in [-0.2, -0.15) is 13.2 Å². The maximum Gasteiger partial charge on any atom is 0.416 e. The van der Waals surface area contributed by atoms with Crippen molar-refractivity contribution in [3.8, 4) is 0 Å². The van der Waals surface area contributed by atoms with Crippen LogP contribution in [0.2, 0.25) is 5.02 Å². The van der Waals surface area contributed by atoms with Crippen molar-refractivity contribution in [1.82, 2.24) is 10.2 Å². The first kappa shape index (κ1) is 35.5. The average Bonchev–Trinajstić information content (AvgIpc) is 3.02. The Morgan fingerprint density at radius 1 is 0.872 bits per heavy atom. The van der Waals surface area contributed by atoms with Crippen LogP contribution in [-0.4, -0.2) is 43.8 Å². The number of aryl methyl sites for hydroxylation is 1. The van der Waals surface area contributed by atoms with Crippen molar-refractivity contribution < 1.29 is 31.2 Å². The fraction of sp³-hybridized carbons (Fsp3) is 0.257. The molecule has 4 rings (SSSR count). The van der Waals surface area contributed by atoms with E-state index in [-0.39, 0.29) is 28.9 Å². The lowest BCUT2D eigenvalue weighted by Gasteiger charge is -2.34. The molecule has 1 atom stereocenters. The molecule has 248 valence electrons. The Balaban J connectivity index is 1.88. The summed E-state index contributed by atoms with van der Waals surface area (Å²) in [6.45, 7) is 4.37. The number of alkyl halides is 3. The van der Waals surface area contributed by atoms with Crippen molar-refractivity contribution >= 4 is 39.1 Å². The normalized spacial score (nSPS) is 12.4. The molecule has 0 aliphatic rings. The van der Waals surface area contributed by atoms with Gasteiger partial charge in [0.2, 0.25) is 11.8 Å². The van der Waals surface area contributed by atoms with Crippen LogP contribution >= 0.6 is 11.6 Å². The van der Waals surface area contributed by atoms with Gasteiger partial charge >= 0.3 is 6.18 Å². The monoisotopic (exact) mass is 685 g/mol. The zero-order chi connectivity index (χ0) is 34.4. The molecule has 0 aromatic heterocycles. The standard InChI is InChI=1S/C35H35ClF3N3O4S/c1-24(2)40-34(44)32(20-26-13-6-4-7-14-26)41(22-27-15-11-10-12-25(27)3)33(43)23-42(47(45,46)29-16-8-5-9-17-29)31-21-28(35(37,38)39)18-19-30(31)36/h4-19,21,24,32H,20,22-23H2,1-3H3,(H,40,44). The molecule has 47 heavy (non-hydrogen) atoms. The van der Waals surface area contributed by atoms with E-state index in [9.17, 15) is 31.2 Å². The molecule has 0 aliphatic heterocycles. The summed E-state index contributed by atoms with van der Waals surface area (Å²) in [5.41, 5.74) is 0.593. The molecule has 1 unspecified atom stereocenters. The van der Waals surface area contributed by atoms with E-state index in [4.69, 9.17) is 11.6 Å². The molecule has 0 saturated heterocycles. The summed E-state index contributed by atoms with van der Waals surface area (Å²) >= 11 is 6.36. The van der Waals surface area contributed by atoms with E-state index >= 15 is 0 Å². The summed E-state index contributed by atoms with van der Waals surface area (Å²) in [7, 11) is -4.64. The van der Waals surface area contributed by atoms with Crippen molar-refractivity contribution in [2.24, 2.45) is 0 Å². The van der Waals surface area contributed by atoms with E-state index < -0.39 is 51.9 Å². The van der Waals surface area contributed by atoms with Gasteiger partial charge < -0.3 is 10.2 Å². The number of halogens is 4. The highest BCUT2D eigenvalue weighted by molar-refractivity contribution is 7.92. The molecule has 0 heterocycles. The van der Waals surface area contributed by atoms with Gasteiger partial charge in [0.25, 0.3) is 10.0 Å². The molecule has 0 fully saturated rings. The van der Waals surface area contributed by atoms with Crippen molar-refractivity contribution in [3.05, 3.63) is 130 Å². The largest absolute Gasteiger partial charge is 0.416 e. The third kappa shape index (κ3) is 8.93. The number of hydrogen-bond acceptors (Lipinski definition) is 4. The number of nitrogens with one attached hydrogen (secondary N) is 1. The van der Waals surface area contributed by atoms with E-state index in [1.54, 1.807) is 56.3 Å². The number of hydrogen-bond donors (Lipinski definition) is 1. The topological polar surface area (TPSA) is 86.8 Å². The number of sulfonamides is 1. The second-order valence-corrected chi connectivity index (χ2v) is 13.6. The van der Waals surface area contributed by atoms with E-state index in [0.29, 0.717) is 15.9 Å². The predicted molar refractivity (Wildman–Crippen MR) is 176 cm³/mol. The van der Waals surface area contributed by atoms with Crippen molar-refractivity contribution in [2.75, 3.05) is 10.8 Å². The van der Waals surface area contributed by atoms with Crippen LogP contribution in [0.3, 0.4) is 0 Å². The highest BCUT2D eigenvalue weighted by Gasteiger charge is 2.37. The highest BCUT2D eigenvalue weighted by Crippen LogP contribution is 2.37. The van der Waals surface area contributed by atoms with E-state index in [1.807, 2.05) is 25.1 Å². The molecule has 0 radical (unpaired) electrons. The zero-order valence-corrected chi connectivity index (χ0v) is 27.6. The number of nitrogens with zero attached hydrogens (tertiary/aromatic N) is 2. The van der Waals surface area contributed by atoms with Crippen molar-refractivity contribution in [2.45, 2.75) is 56.9 Å². The van der Waals surface area contributed by atoms with Crippen LogP contribution in [0.1, 0.15) is 36.1 Å². The second-order valence-electron chi connectivity index (χ2n) is 11.3. The first-order valence-electron chi connectivity index (χ1n) is 14.8. The average molecular weight is 686 g/mol. The lowest BCUT2D eigenvalue weighted by atomic mass is 10.0. The zero-order valence-electron chi connectivity index (χ0n) is 26.0. The molecule has 2 amide bonds. The Bertz CT molecular complexity index is 1800. The van der Waals surface area contributed by atoms with Gasteiger partial charge in [-0.3, -0.25) is 13.9 Å². The van der Waals surface area contributed by atoms with E-state index in [1.165, 1.54) is 29.2 Å². The molecule has 0 aliphatic carbocycles. The molecule has 0 saturated carbocycles. The molecular formula is C35H35ClF3N3O4S. The Hall–Kier alpha value is -4.35. The third-order valence-electron chi connectivity index (χ3n) is 7.46. The Labute approximate surface area is 278 Å². The quantitative estimate of drug-likeness (QED) is 0.174. The summed E-state index contributed by atoms with van der Waals surface area (Å²) in [5.74, 6) is -1.29. The van der Waals surface area contributed by atoms with Crippen LogP contribution < -0.4 is 9.62 Å². The van der Waals surface area contributed by atoms with Crippen LogP contribution in [-0.2, 0) is 38.8 Å². The van der Waals surface area contributed by atoms with Gasteiger partial charge in [-0.05, 0) is 67.8 Å². The van der Waals surface area contributed by atoms with Crippen molar-refractivity contribution in [3.63, 3.8) is 0 Å². The van der Waals surface area contributed by atoms with Gasteiger partial charge in [-0.15, -0.1) is 0 Å². The maximum absolute atomic E-state index is 14.5. The van der Waals surface area contributed by atoms with Gasteiger partial charge in [0.1, 0.15) is 12.6 Å². The summed E-state index contributed by atoms with van der Waals surface area (Å²) in [4.78, 5) is 29.3. The number of rotatable bonds is 12. The lowest BCUT2D eigenvalue weighted by Crippen LogP contribution is -2.54. The maximum atomic E-state index is 14.5. The minimum absolute atomic E-state index is 0.0793. The number of amides is 2. The molecule has 12 heteroatoms. The van der Waals surface area contributed by atoms with Gasteiger partial charge in [-0.25, -0.2) is 8.42 Å². The SMILES string of the molecule is Cc1ccccc1CN(C(=O)CN(c1cc(C(F)(F)F)ccc1Cl)S(=O)(=O)c1ccccc1)C(Cc1ccccc1)C(=O)NC(C)C. The van der Waals surface area contributed by atoms with Gasteiger partial charge in [0.15, 0.2) is 0 Å². The second kappa shape index (κ2) is 15.0. The summed E-state index contributed by atoms with van der Waals surface area (Å²) < 4.78 is 70.2. The molecule has 1 N–H and O–H groups in total. The predicted octanol–water partition coefficient (Wildman–Crippen LogP) is 7.03. The molecule has 7 nitrogen and oxygen atoms in total. The lowest BCUT2D eigenvalue weighted by molar-refractivity contribution is -0.140. The number of carbonyl (C=O) groups is 2. The fourth-order valence-electron chi connectivity index (χ4n) is 5.02. The van der Waals surface area contributed by atoms with Crippen LogP contribution in [0.4, 0.5) is 18.9 Å². The Morgan fingerprint density at radius 2 is 1.47 bits per heavy atom. The van der Waals surface area contributed by atoms with Crippen LogP contribution in [0, 0.1) is 6.92 Å². The molecule has 0 spiro atoms. The Morgan fingerprint density at radius 3 is 2.06 bits per heavy atom. The minimum atomic E-state index is -4.82. The summed E-state index contributed by atoms with van der Waals surface area (Å²) in [5, 5.41) is 2.55. The van der Waals surface area contributed by atoms with Gasteiger partial charge in [-0.1, -0.05) is 84.4 Å². The minimum Gasteiger partial charge on any atom is -0.352 e.